The summed E-state index contributed by atoms with van der Waals surface area (Å²) in [6.45, 7) is 0. The second-order valence-corrected chi connectivity index (χ2v) is 5.03. The number of halogens is 1. The molecule has 0 heterocycles. The maximum absolute atomic E-state index is 11.4. The summed E-state index contributed by atoms with van der Waals surface area (Å²) < 4.78 is 0. The molecule has 5 heteroatoms. The van der Waals surface area contributed by atoms with E-state index in [1.54, 1.807) is 54.6 Å². The average molecular weight is 305 g/mol. The van der Waals surface area contributed by atoms with E-state index in [1.165, 1.54) is 0 Å². The first-order valence-corrected chi connectivity index (χ1v) is 6.64. The molecule has 108 valence electrons. The zero-order valence-electron chi connectivity index (χ0n) is 10.9. The molecule has 0 radical (unpaired) electrons. The average Bonchev–Trinajstić information content (AvgIpc) is 2.44. The summed E-state index contributed by atoms with van der Waals surface area (Å²) >= 11 is 5.95. The van der Waals surface area contributed by atoms with Gasteiger partial charge in [-0.2, -0.15) is 0 Å². The highest BCUT2D eigenvalue weighted by atomic mass is 35.5. The zero-order chi connectivity index (χ0) is 15.4. The van der Waals surface area contributed by atoms with E-state index >= 15 is 0 Å². The first kappa shape index (κ1) is 15.1. The number of aliphatic carboxylic acids is 2. The van der Waals surface area contributed by atoms with Gasteiger partial charge >= 0.3 is 11.9 Å². The minimum atomic E-state index is -1.58. The number of carboxylic acids is 2. The van der Waals surface area contributed by atoms with Crippen LogP contribution in [0.3, 0.4) is 0 Å². The lowest BCUT2D eigenvalue weighted by atomic mass is 9.80. The van der Waals surface area contributed by atoms with E-state index in [2.05, 4.69) is 0 Å². The van der Waals surface area contributed by atoms with Crippen LogP contribution in [0.4, 0.5) is 0 Å². The lowest BCUT2D eigenvalue weighted by Gasteiger charge is -2.22. The minimum Gasteiger partial charge on any atom is -0.481 e. The SMILES string of the molecule is O=C(O)C(C(=O)O)[C@@H](c1ccccc1)c1cccc(Cl)c1. The largest absolute Gasteiger partial charge is 0.481 e. The van der Waals surface area contributed by atoms with Crippen molar-refractivity contribution in [1.29, 1.82) is 0 Å². The molecule has 0 aliphatic carbocycles. The molecule has 2 aromatic rings. The predicted molar refractivity (Wildman–Crippen MR) is 78.5 cm³/mol. The van der Waals surface area contributed by atoms with Crippen LogP contribution in [0, 0.1) is 5.92 Å². The Morgan fingerprint density at radius 2 is 1.43 bits per heavy atom. The number of rotatable bonds is 5. The van der Waals surface area contributed by atoms with Gasteiger partial charge < -0.3 is 10.2 Å². The van der Waals surface area contributed by atoms with Crippen LogP contribution in [0.2, 0.25) is 5.02 Å². The Balaban J connectivity index is 2.59. The molecule has 0 unspecified atom stereocenters. The van der Waals surface area contributed by atoms with Crippen LogP contribution in [0.15, 0.2) is 54.6 Å². The van der Waals surface area contributed by atoms with Crippen LogP contribution < -0.4 is 0 Å². The molecular formula is C16H13ClO4. The van der Waals surface area contributed by atoms with Crippen LogP contribution in [0.1, 0.15) is 17.0 Å². The standard InChI is InChI=1S/C16H13ClO4/c17-12-8-4-7-11(9-12)13(10-5-2-1-3-6-10)14(15(18)19)16(20)21/h1-9,13-14H,(H,18,19)(H,20,21)/t13-/m0/s1. The molecule has 2 N–H and O–H groups in total. The van der Waals surface area contributed by atoms with Gasteiger partial charge in [-0.1, -0.05) is 54.1 Å². The summed E-state index contributed by atoms with van der Waals surface area (Å²) in [6.07, 6.45) is 0. The Labute approximate surface area is 126 Å². The Kier molecular flexibility index (Phi) is 4.60. The fourth-order valence-electron chi connectivity index (χ4n) is 2.33. The minimum absolute atomic E-state index is 0.433. The third kappa shape index (κ3) is 3.41. The van der Waals surface area contributed by atoms with Crippen molar-refractivity contribution in [1.82, 2.24) is 0 Å². The lowest BCUT2D eigenvalue weighted by Crippen LogP contribution is -2.30. The van der Waals surface area contributed by atoms with Crippen molar-refractivity contribution in [3.8, 4) is 0 Å². The quantitative estimate of drug-likeness (QED) is 0.831. The highest BCUT2D eigenvalue weighted by molar-refractivity contribution is 6.30. The number of hydrogen-bond donors (Lipinski definition) is 2. The summed E-state index contributed by atoms with van der Waals surface area (Å²) in [7, 11) is 0. The molecule has 0 saturated carbocycles. The second kappa shape index (κ2) is 6.41. The van der Waals surface area contributed by atoms with Crippen molar-refractivity contribution in [3.63, 3.8) is 0 Å². The Morgan fingerprint density at radius 3 is 1.95 bits per heavy atom. The molecule has 0 fully saturated rings. The molecule has 2 aromatic carbocycles. The Morgan fingerprint density at radius 1 is 0.857 bits per heavy atom. The van der Waals surface area contributed by atoms with Crippen LogP contribution in [-0.4, -0.2) is 22.2 Å². The smallest absolute Gasteiger partial charge is 0.318 e. The van der Waals surface area contributed by atoms with E-state index in [9.17, 15) is 19.8 Å². The fraction of sp³-hybridized carbons (Fsp3) is 0.125. The van der Waals surface area contributed by atoms with Gasteiger partial charge in [-0.25, -0.2) is 0 Å². The molecule has 21 heavy (non-hydrogen) atoms. The van der Waals surface area contributed by atoms with E-state index in [0.717, 1.165) is 0 Å². The van der Waals surface area contributed by atoms with Gasteiger partial charge in [0.15, 0.2) is 5.92 Å². The van der Waals surface area contributed by atoms with Gasteiger partial charge in [0.05, 0.1) is 0 Å². The number of carboxylic acid groups (broad SMARTS) is 2. The van der Waals surface area contributed by atoms with Crippen molar-refractivity contribution >= 4 is 23.5 Å². The van der Waals surface area contributed by atoms with Gasteiger partial charge in [0.2, 0.25) is 0 Å². The van der Waals surface area contributed by atoms with E-state index < -0.39 is 23.8 Å². The van der Waals surface area contributed by atoms with E-state index in [4.69, 9.17) is 11.6 Å². The monoisotopic (exact) mass is 304 g/mol. The number of carbonyl (C=O) groups is 2. The Bertz CT molecular complexity index is 640. The van der Waals surface area contributed by atoms with Gasteiger partial charge in [0.1, 0.15) is 0 Å². The molecular weight excluding hydrogens is 292 g/mol. The molecule has 1 atom stereocenters. The summed E-state index contributed by atoms with van der Waals surface area (Å²) in [6, 6.07) is 15.3. The summed E-state index contributed by atoms with van der Waals surface area (Å²) in [5.74, 6) is -5.14. The molecule has 0 aliphatic rings. The third-order valence-electron chi connectivity index (χ3n) is 3.23. The Hall–Kier alpha value is -2.33. The van der Waals surface area contributed by atoms with Gasteiger partial charge in [-0.3, -0.25) is 9.59 Å². The van der Waals surface area contributed by atoms with Crippen molar-refractivity contribution in [2.24, 2.45) is 5.92 Å². The predicted octanol–water partition coefficient (Wildman–Crippen LogP) is 3.26. The van der Waals surface area contributed by atoms with Crippen LogP contribution in [-0.2, 0) is 9.59 Å². The maximum Gasteiger partial charge on any atom is 0.318 e. The molecule has 0 saturated heterocycles. The molecule has 2 rings (SSSR count). The normalized spacial score (nSPS) is 12.1. The van der Waals surface area contributed by atoms with Crippen molar-refractivity contribution in [2.75, 3.05) is 0 Å². The van der Waals surface area contributed by atoms with Crippen molar-refractivity contribution in [2.45, 2.75) is 5.92 Å². The molecule has 4 nitrogen and oxygen atoms in total. The summed E-state index contributed by atoms with van der Waals surface area (Å²) in [4.78, 5) is 22.8. The van der Waals surface area contributed by atoms with Gasteiger partial charge in [-0.15, -0.1) is 0 Å². The van der Waals surface area contributed by atoms with Gasteiger partial charge in [0, 0.05) is 10.9 Å². The van der Waals surface area contributed by atoms with Crippen molar-refractivity contribution in [3.05, 3.63) is 70.7 Å². The molecule has 0 bridgehead atoms. The maximum atomic E-state index is 11.4. The van der Waals surface area contributed by atoms with E-state index in [0.29, 0.717) is 16.1 Å². The van der Waals surface area contributed by atoms with Crippen LogP contribution in [0.25, 0.3) is 0 Å². The first-order valence-electron chi connectivity index (χ1n) is 6.26. The molecule has 0 amide bonds. The number of benzene rings is 2. The highest BCUT2D eigenvalue weighted by Gasteiger charge is 2.37. The zero-order valence-corrected chi connectivity index (χ0v) is 11.7. The van der Waals surface area contributed by atoms with E-state index in [-0.39, 0.29) is 0 Å². The summed E-state index contributed by atoms with van der Waals surface area (Å²) in [5.41, 5.74) is 1.18. The van der Waals surface area contributed by atoms with Crippen LogP contribution >= 0.6 is 11.6 Å². The molecule has 0 spiro atoms. The highest BCUT2D eigenvalue weighted by Crippen LogP contribution is 2.33. The van der Waals surface area contributed by atoms with Gasteiger partial charge in [0.25, 0.3) is 0 Å². The second-order valence-electron chi connectivity index (χ2n) is 4.60. The van der Waals surface area contributed by atoms with Crippen LogP contribution in [0.5, 0.6) is 0 Å². The van der Waals surface area contributed by atoms with E-state index in [1.807, 2.05) is 0 Å². The fourth-order valence-corrected chi connectivity index (χ4v) is 2.53. The lowest BCUT2D eigenvalue weighted by molar-refractivity contribution is -0.155. The topological polar surface area (TPSA) is 74.6 Å². The van der Waals surface area contributed by atoms with Gasteiger partial charge in [-0.05, 0) is 23.3 Å². The molecule has 0 aliphatic heterocycles. The summed E-state index contributed by atoms with van der Waals surface area (Å²) in [5, 5.41) is 19.0. The third-order valence-corrected chi connectivity index (χ3v) is 3.47. The molecule has 0 aromatic heterocycles. The number of hydrogen-bond acceptors (Lipinski definition) is 2. The van der Waals surface area contributed by atoms with Crippen molar-refractivity contribution < 1.29 is 19.8 Å². The first-order chi connectivity index (χ1) is 10.0.